The Bertz CT molecular complexity index is 1030. The zero-order valence-electron chi connectivity index (χ0n) is 15.1. The van der Waals surface area contributed by atoms with Crippen LogP contribution in [0.3, 0.4) is 0 Å². The number of pyridine rings is 1. The summed E-state index contributed by atoms with van der Waals surface area (Å²) in [6.45, 7) is 0. The molecule has 1 amide bonds. The highest BCUT2D eigenvalue weighted by Gasteiger charge is 2.08. The number of anilines is 1. The van der Waals surface area contributed by atoms with E-state index in [9.17, 15) is 9.59 Å². The monoisotopic (exact) mass is 415 g/mol. The van der Waals surface area contributed by atoms with Crippen LogP contribution in [0.15, 0.2) is 54.7 Å². The molecule has 8 heteroatoms. The van der Waals surface area contributed by atoms with Crippen LogP contribution in [-0.2, 0) is 20.1 Å². The summed E-state index contributed by atoms with van der Waals surface area (Å²) in [4.78, 5) is 27.7. The van der Waals surface area contributed by atoms with Gasteiger partial charge in [0.2, 0.25) is 5.91 Å². The molecule has 0 saturated carbocycles. The number of carbonyl (C=O) groups is 2. The van der Waals surface area contributed by atoms with E-state index in [-0.39, 0.29) is 17.6 Å². The Hall–Kier alpha value is -2.77. The molecule has 1 N–H and O–H groups in total. The predicted octanol–water partition coefficient (Wildman–Crippen LogP) is 4.05. The number of nitrogens with one attached hydrogen (secondary N) is 1. The third-order valence-corrected chi connectivity index (χ3v) is 5.08. The van der Waals surface area contributed by atoms with Crippen LogP contribution in [0.25, 0.3) is 11.7 Å². The van der Waals surface area contributed by atoms with E-state index in [0.717, 1.165) is 5.56 Å². The lowest BCUT2D eigenvalue weighted by Crippen LogP contribution is -2.08. The molecule has 0 aliphatic carbocycles. The van der Waals surface area contributed by atoms with Crippen molar-refractivity contribution in [1.29, 1.82) is 0 Å². The Morgan fingerprint density at radius 2 is 2.14 bits per heavy atom. The molecule has 0 saturated heterocycles. The quantitative estimate of drug-likeness (QED) is 0.465. The molecule has 2 heterocycles. The van der Waals surface area contributed by atoms with Gasteiger partial charge in [-0.15, -0.1) is 11.8 Å². The minimum absolute atomic E-state index is 0.259. The molecule has 0 aliphatic rings. The van der Waals surface area contributed by atoms with Crippen LogP contribution in [0.2, 0.25) is 5.15 Å². The average molecular weight is 416 g/mol. The summed E-state index contributed by atoms with van der Waals surface area (Å²) in [5.41, 5.74) is 3.03. The van der Waals surface area contributed by atoms with Crippen LogP contribution in [0, 0.1) is 0 Å². The molecule has 0 fully saturated rings. The number of amides is 1. The molecular weight excluding hydrogens is 398 g/mol. The van der Waals surface area contributed by atoms with Crippen LogP contribution in [0.5, 0.6) is 0 Å². The van der Waals surface area contributed by atoms with Gasteiger partial charge < -0.3 is 10.1 Å². The molecule has 28 heavy (non-hydrogen) atoms. The average Bonchev–Trinajstić information content (AvgIpc) is 3.01. The summed E-state index contributed by atoms with van der Waals surface area (Å²) < 4.78 is 6.43. The molecule has 0 aliphatic heterocycles. The maximum atomic E-state index is 12.3. The van der Waals surface area contributed by atoms with Crippen LogP contribution in [0.1, 0.15) is 11.3 Å². The number of rotatable bonds is 7. The number of hydrogen-bond acceptors (Lipinski definition) is 5. The Kier molecular flexibility index (Phi) is 6.73. The predicted molar refractivity (Wildman–Crippen MR) is 112 cm³/mol. The number of fused-ring (bicyclic) bond motifs is 1. The number of halogens is 1. The number of benzene rings is 1. The van der Waals surface area contributed by atoms with Gasteiger partial charge >= 0.3 is 5.97 Å². The molecule has 1 aromatic carbocycles. The molecule has 0 atom stereocenters. The first-order chi connectivity index (χ1) is 13.6. The molecule has 2 aromatic heterocycles. The summed E-state index contributed by atoms with van der Waals surface area (Å²) in [5.74, 6) is 0.397. The van der Waals surface area contributed by atoms with Crippen molar-refractivity contribution in [3.63, 3.8) is 0 Å². The number of ether oxygens (including phenoxy) is 1. The highest BCUT2D eigenvalue weighted by Crippen LogP contribution is 2.20. The molecule has 0 radical (unpaired) electrons. The Morgan fingerprint density at radius 3 is 2.96 bits per heavy atom. The van der Waals surface area contributed by atoms with Crippen LogP contribution in [-0.4, -0.2) is 34.1 Å². The molecule has 0 bridgehead atoms. The summed E-state index contributed by atoms with van der Waals surface area (Å²) in [6.07, 6.45) is 4.88. The number of esters is 1. The second-order valence-corrected chi connectivity index (χ2v) is 7.15. The number of aromatic nitrogens is 2. The summed E-state index contributed by atoms with van der Waals surface area (Å²) in [5, 5.41) is 3.16. The molecular formula is C20H18ClN3O3S. The minimum Gasteiger partial charge on any atom is -0.468 e. The van der Waals surface area contributed by atoms with Gasteiger partial charge in [-0.1, -0.05) is 29.8 Å². The third-order valence-electron chi connectivity index (χ3n) is 3.83. The van der Waals surface area contributed by atoms with E-state index in [1.807, 2.05) is 47.0 Å². The van der Waals surface area contributed by atoms with Crippen molar-refractivity contribution in [1.82, 2.24) is 9.38 Å². The Labute approximate surface area is 171 Å². The number of methoxy groups -OCH3 is 1. The number of hydrogen-bond donors (Lipinski definition) is 1. The van der Waals surface area contributed by atoms with Crippen molar-refractivity contribution in [2.45, 2.75) is 5.75 Å². The van der Waals surface area contributed by atoms with Gasteiger partial charge in [0.25, 0.3) is 0 Å². The lowest BCUT2D eigenvalue weighted by molar-refractivity contribution is -0.137. The zero-order chi connectivity index (χ0) is 19.9. The normalized spacial score (nSPS) is 11.1. The van der Waals surface area contributed by atoms with E-state index in [1.165, 1.54) is 24.9 Å². The van der Waals surface area contributed by atoms with E-state index in [0.29, 0.717) is 27.9 Å². The van der Waals surface area contributed by atoms with Crippen molar-refractivity contribution < 1.29 is 14.3 Å². The minimum atomic E-state index is -0.277. The highest BCUT2D eigenvalue weighted by molar-refractivity contribution is 7.99. The smallest absolute Gasteiger partial charge is 0.315 e. The first-order valence-corrected chi connectivity index (χ1v) is 9.95. The van der Waals surface area contributed by atoms with Gasteiger partial charge in [0.15, 0.2) is 5.15 Å². The fraction of sp³-hybridized carbons (Fsp3) is 0.150. The fourth-order valence-corrected chi connectivity index (χ4v) is 3.57. The van der Waals surface area contributed by atoms with Gasteiger partial charge in [-0.25, -0.2) is 4.98 Å². The van der Waals surface area contributed by atoms with Crippen molar-refractivity contribution in [3.8, 4) is 0 Å². The van der Waals surface area contributed by atoms with Crippen molar-refractivity contribution >= 4 is 52.6 Å². The highest BCUT2D eigenvalue weighted by atomic mass is 35.5. The Balaban J connectivity index is 1.63. The molecule has 3 rings (SSSR count). The van der Waals surface area contributed by atoms with Crippen LogP contribution < -0.4 is 5.32 Å². The largest absolute Gasteiger partial charge is 0.468 e. The first kappa shape index (κ1) is 20.0. The number of imidazole rings is 1. The van der Waals surface area contributed by atoms with E-state index < -0.39 is 0 Å². The van der Waals surface area contributed by atoms with Gasteiger partial charge in [0.05, 0.1) is 18.6 Å². The van der Waals surface area contributed by atoms with Gasteiger partial charge in [0.1, 0.15) is 5.65 Å². The third kappa shape index (κ3) is 5.15. The van der Waals surface area contributed by atoms with E-state index in [1.54, 1.807) is 12.1 Å². The molecule has 144 valence electrons. The lowest BCUT2D eigenvalue weighted by atomic mass is 10.2. The molecule has 3 aromatic rings. The van der Waals surface area contributed by atoms with Crippen LogP contribution in [0.4, 0.5) is 5.69 Å². The molecule has 6 nitrogen and oxygen atoms in total. The second-order valence-electron chi connectivity index (χ2n) is 5.81. The fourth-order valence-electron chi connectivity index (χ4n) is 2.52. The molecule has 0 unspecified atom stereocenters. The first-order valence-electron chi connectivity index (χ1n) is 8.42. The van der Waals surface area contributed by atoms with Gasteiger partial charge in [-0.2, -0.15) is 0 Å². The van der Waals surface area contributed by atoms with Crippen molar-refractivity contribution in [3.05, 3.63) is 71.1 Å². The SMILES string of the molecule is COC(=O)CSCc1cccc(NC(=O)/C=C/c2c(Cl)nc3ccccn23)c1. The van der Waals surface area contributed by atoms with Gasteiger partial charge in [0, 0.05) is 23.7 Å². The lowest BCUT2D eigenvalue weighted by Gasteiger charge is -2.06. The Morgan fingerprint density at radius 1 is 1.29 bits per heavy atom. The zero-order valence-corrected chi connectivity index (χ0v) is 16.7. The van der Waals surface area contributed by atoms with Gasteiger partial charge in [-0.05, 0) is 35.9 Å². The van der Waals surface area contributed by atoms with E-state index in [2.05, 4.69) is 15.0 Å². The maximum absolute atomic E-state index is 12.3. The standard InChI is InChI=1S/C20H18ClN3O3S/c1-27-19(26)13-28-12-14-5-4-6-15(11-14)22-18(25)9-8-16-20(21)23-17-7-2-3-10-24(16)17/h2-11H,12-13H2,1H3,(H,22,25)/b9-8+. The van der Waals surface area contributed by atoms with Gasteiger partial charge in [-0.3, -0.25) is 14.0 Å². The maximum Gasteiger partial charge on any atom is 0.315 e. The van der Waals surface area contributed by atoms with Crippen molar-refractivity contribution in [2.75, 3.05) is 18.2 Å². The summed E-state index contributed by atoms with van der Waals surface area (Å²) in [6, 6.07) is 13.1. The topological polar surface area (TPSA) is 72.7 Å². The van der Waals surface area contributed by atoms with Crippen molar-refractivity contribution in [2.24, 2.45) is 0 Å². The number of thioether (sulfide) groups is 1. The number of carbonyl (C=O) groups excluding carboxylic acids is 2. The summed E-state index contributed by atoms with van der Waals surface area (Å²) in [7, 11) is 1.37. The molecule has 0 spiro atoms. The number of nitrogens with zero attached hydrogens (tertiary/aromatic N) is 2. The van der Waals surface area contributed by atoms with Crippen LogP contribution >= 0.6 is 23.4 Å². The van der Waals surface area contributed by atoms with E-state index >= 15 is 0 Å². The second kappa shape index (κ2) is 9.43. The van der Waals surface area contributed by atoms with E-state index in [4.69, 9.17) is 11.6 Å². The summed E-state index contributed by atoms with van der Waals surface area (Å²) >= 11 is 7.62.